The standard InChI is InChI=1S/C17H10BrFN4O/c18-11-5-6-14-12(7-11)15-16(22-14)17(24)23(9-20-15)21-8-10-3-1-2-4-13(10)19/h1-9,22H/b21-8+. The minimum Gasteiger partial charge on any atom is -0.349 e. The number of aromatic amines is 1. The maximum Gasteiger partial charge on any atom is 0.298 e. The molecule has 0 atom stereocenters. The second kappa shape index (κ2) is 5.68. The van der Waals surface area contributed by atoms with Gasteiger partial charge in [0.25, 0.3) is 5.56 Å². The molecule has 0 aliphatic carbocycles. The van der Waals surface area contributed by atoms with Crippen molar-refractivity contribution in [2.45, 2.75) is 0 Å². The van der Waals surface area contributed by atoms with E-state index in [0.717, 1.165) is 20.1 Å². The number of H-pyrrole nitrogens is 1. The molecule has 0 saturated carbocycles. The summed E-state index contributed by atoms with van der Waals surface area (Å²) in [5.74, 6) is -0.404. The molecule has 7 heteroatoms. The van der Waals surface area contributed by atoms with Crippen LogP contribution in [0.3, 0.4) is 0 Å². The van der Waals surface area contributed by atoms with Gasteiger partial charge in [0, 0.05) is 20.9 Å². The summed E-state index contributed by atoms with van der Waals surface area (Å²) in [6.45, 7) is 0. The van der Waals surface area contributed by atoms with Crippen LogP contribution in [0.2, 0.25) is 0 Å². The minimum atomic E-state index is -0.404. The topological polar surface area (TPSA) is 63.0 Å². The highest BCUT2D eigenvalue weighted by atomic mass is 79.9. The molecule has 0 aliphatic heterocycles. The Kier molecular flexibility index (Phi) is 3.50. The zero-order valence-electron chi connectivity index (χ0n) is 12.2. The molecular weight excluding hydrogens is 375 g/mol. The molecule has 0 saturated heterocycles. The van der Waals surface area contributed by atoms with Gasteiger partial charge in [-0.2, -0.15) is 9.78 Å². The molecule has 0 radical (unpaired) electrons. The Labute approximate surface area is 143 Å². The van der Waals surface area contributed by atoms with Gasteiger partial charge in [-0.25, -0.2) is 9.37 Å². The van der Waals surface area contributed by atoms with Crippen LogP contribution in [-0.4, -0.2) is 20.9 Å². The first kappa shape index (κ1) is 14.8. The summed E-state index contributed by atoms with van der Waals surface area (Å²) in [6, 6.07) is 11.9. The normalized spacial score (nSPS) is 11.8. The third-order valence-electron chi connectivity index (χ3n) is 3.68. The number of hydrogen-bond donors (Lipinski definition) is 1. The van der Waals surface area contributed by atoms with Crippen molar-refractivity contribution in [3.05, 3.63) is 75.0 Å². The lowest BCUT2D eigenvalue weighted by Gasteiger charge is -1.98. The van der Waals surface area contributed by atoms with Gasteiger partial charge in [0.2, 0.25) is 0 Å². The van der Waals surface area contributed by atoms with Gasteiger partial charge in [-0.3, -0.25) is 4.79 Å². The van der Waals surface area contributed by atoms with Gasteiger partial charge in [0.05, 0.1) is 6.21 Å². The Balaban J connectivity index is 1.86. The summed E-state index contributed by atoms with van der Waals surface area (Å²) in [7, 11) is 0. The maximum absolute atomic E-state index is 13.6. The molecule has 4 rings (SSSR count). The number of hydrogen-bond acceptors (Lipinski definition) is 3. The highest BCUT2D eigenvalue weighted by Gasteiger charge is 2.10. The maximum atomic E-state index is 13.6. The van der Waals surface area contributed by atoms with Crippen molar-refractivity contribution in [1.29, 1.82) is 0 Å². The Morgan fingerprint density at radius 1 is 1.25 bits per heavy atom. The number of nitrogens with one attached hydrogen (secondary N) is 1. The third kappa shape index (κ3) is 2.43. The molecule has 118 valence electrons. The molecule has 2 aromatic carbocycles. The van der Waals surface area contributed by atoms with Gasteiger partial charge in [0.15, 0.2) is 0 Å². The average molecular weight is 385 g/mol. The van der Waals surface area contributed by atoms with Crippen molar-refractivity contribution in [1.82, 2.24) is 14.6 Å². The number of aromatic nitrogens is 3. The fraction of sp³-hybridized carbons (Fsp3) is 0. The molecule has 0 unspecified atom stereocenters. The van der Waals surface area contributed by atoms with E-state index in [0.29, 0.717) is 16.6 Å². The molecule has 1 N–H and O–H groups in total. The van der Waals surface area contributed by atoms with Gasteiger partial charge in [-0.05, 0) is 24.3 Å². The largest absolute Gasteiger partial charge is 0.349 e. The van der Waals surface area contributed by atoms with E-state index < -0.39 is 5.82 Å². The van der Waals surface area contributed by atoms with E-state index in [1.165, 1.54) is 18.6 Å². The predicted molar refractivity (Wildman–Crippen MR) is 95.0 cm³/mol. The monoisotopic (exact) mass is 384 g/mol. The average Bonchev–Trinajstić information content (AvgIpc) is 2.94. The van der Waals surface area contributed by atoms with Gasteiger partial charge in [0.1, 0.15) is 23.2 Å². The zero-order chi connectivity index (χ0) is 16.7. The lowest BCUT2D eigenvalue weighted by molar-refractivity contribution is 0.625. The van der Waals surface area contributed by atoms with Crippen LogP contribution in [0.1, 0.15) is 5.56 Å². The smallest absolute Gasteiger partial charge is 0.298 e. The van der Waals surface area contributed by atoms with E-state index in [1.807, 2.05) is 18.2 Å². The van der Waals surface area contributed by atoms with Crippen molar-refractivity contribution in [3.63, 3.8) is 0 Å². The van der Waals surface area contributed by atoms with Crippen molar-refractivity contribution < 1.29 is 4.39 Å². The van der Waals surface area contributed by atoms with Crippen molar-refractivity contribution in [2.75, 3.05) is 0 Å². The first-order valence-corrected chi connectivity index (χ1v) is 7.90. The second-order valence-electron chi connectivity index (χ2n) is 5.20. The summed E-state index contributed by atoms with van der Waals surface area (Å²) in [6.07, 6.45) is 2.62. The van der Waals surface area contributed by atoms with Crippen LogP contribution in [0.25, 0.3) is 21.9 Å². The van der Waals surface area contributed by atoms with Gasteiger partial charge in [-0.15, -0.1) is 0 Å². The Morgan fingerprint density at radius 3 is 2.92 bits per heavy atom. The fourth-order valence-electron chi connectivity index (χ4n) is 2.50. The summed E-state index contributed by atoms with van der Waals surface area (Å²) in [5.41, 5.74) is 1.70. The quantitative estimate of drug-likeness (QED) is 0.536. The molecular formula is C17H10BrFN4O. The Morgan fingerprint density at radius 2 is 2.08 bits per heavy atom. The van der Waals surface area contributed by atoms with Crippen LogP contribution in [0, 0.1) is 5.82 Å². The molecule has 4 aromatic rings. The molecule has 0 aliphatic rings. The van der Waals surface area contributed by atoms with Crippen LogP contribution in [-0.2, 0) is 0 Å². The zero-order valence-corrected chi connectivity index (χ0v) is 13.8. The first-order chi connectivity index (χ1) is 11.6. The SMILES string of the molecule is O=c1c2[nH]c3ccc(Br)cc3c2ncn1/N=C/c1ccccc1F. The van der Waals surface area contributed by atoms with Crippen molar-refractivity contribution in [3.8, 4) is 0 Å². The molecule has 5 nitrogen and oxygen atoms in total. The number of benzene rings is 2. The first-order valence-electron chi connectivity index (χ1n) is 7.11. The lowest BCUT2D eigenvalue weighted by atomic mass is 10.2. The summed E-state index contributed by atoms with van der Waals surface area (Å²) in [5, 5.41) is 4.87. The fourth-order valence-corrected chi connectivity index (χ4v) is 2.87. The third-order valence-corrected chi connectivity index (χ3v) is 4.17. The minimum absolute atomic E-state index is 0.296. The summed E-state index contributed by atoms with van der Waals surface area (Å²) in [4.78, 5) is 19.9. The van der Waals surface area contributed by atoms with Gasteiger partial charge < -0.3 is 4.98 Å². The molecule has 2 aromatic heterocycles. The Hall–Kier alpha value is -2.80. The van der Waals surface area contributed by atoms with Crippen LogP contribution in [0.15, 0.2) is 63.2 Å². The number of halogens is 2. The molecule has 0 spiro atoms. The van der Waals surface area contributed by atoms with E-state index in [2.05, 4.69) is 31.0 Å². The molecule has 24 heavy (non-hydrogen) atoms. The second-order valence-corrected chi connectivity index (χ2v) is 6.11. The number of rotatable bonds is 2. The summed E-state index contributed by atoms with van der Waals surface area (Å²) < 4.78 is 15.6. The highest BCUT2D eigenvalue weighted by Crippen LogP contribution is 2.24. The Bertz CT molecular complexity index is 1160. The van der Waals surface area contributed by atoms with E-state index in [1.54, 1.807) is 18.2 Å². The van der Waals surface area contributed by atoms with Gasteiger partial charge in [-0.1, -0.05) is 34.1 Å². The summed E-state index contributed by atoms with van der Waals surface area (Å²) >= 11 is 3.41. The molecule has 0 amide bonds. The van der Waals surface area contributed by atoms with E-state index >= 15 is 0 Å². The van der Waals surface area contributed by atoms with Crippen LogP contribution in [0.5, 0.6) is 0 Å². The highest BCUT2D eigenvalue weighted by molar-refractivity contribution is 9.10. The van der Waals surface area contributed by atoms with E-state index in [9.17, 15) is 9.18 Å². The van der Waals surface area contributed by atoms with E-state index in [-0.39, 0.29) is 5.56 Å². The van der Waals surface area contributed by atoms with Crippen LogP contribution >= 0.6 is 15.9 Å². The molecule has 2 heterocycles. The van der Waals surface area contributed by atoms with Crippen molar-refractivity contribution >= 4 is 44.1 Å². The van der Waals surface area contributed by atoms with Crippen LogP contribution < -0.4 is 5.56 Å². The lowest BCUT2D eigenvalue weighted by Crippen LogP contribution is -2.17. The number of nitrogens with zero attached hydrogens (tertiary/aromatic N) is 3. The van der Waals surface area contributed by atoms with Crippen molar-refractivity contribution in [2.24, 2.45) is 5.10 Å². The molecule has 0 bridgehead atoms. The number of fused-ring (bicyclic) bond motifs is 3. The molecule has 0 fully saturated rings. The van der Waals surface area contributed by atoms with Crippen LogP contribution in [0.4, 0.5) is 4.39 Å². The van der Waals surface area contributed by atoms with E-state index in [4.69, 9.17) is 0 Å². The predicted octanol–water partition coefficient (Wildman–Crippen LogP) is 3.66. The van der Waals surface area contributed by atoms with Gasteiger partial charge >= 0.3 is 0 Å².